The van der Waals surface area contributed by atoms with Crippen molar-refractivity contribution < 1.29 is 13.2 Å². The molecule has 0 saturated carbocycles. The molecule has 1 aromatic rings. The van der Waals surface area contributed by atoms with Gasteiger partial charge in [0, 0.05) is 25.3 Å². The molecule has 5 heteroatoms. The third-order valence-electron chi connectivity index (χ3n) is 3.52. The molecule has 0 fully saturated rings. The zero-order chi connectivity index (χ0) is 15.9. The summed E-state index contributed by atoms with van der Waals surface area (Å²) in [5, 5.41) is 3.47. The Bertz CT molecular complexity index is 401. The lowest BCUT2D eigenvalue weighted by atomic mass is 10.0. The smallest absolute Gasteiger partial charge is 0.374 e. The minimum Gasteiger partial charge on any atom is -0.374 e. The summed E-state index contributed by atoms with van der Waals surface area (Å²) >= 11 is 0. The van der Waals surface area contributed by atoms with E-state index in [4.69, 9.17) is 0 Å². The molecule has 0 aliphatic heterocycles. The van der Waals surface area contributed by atoms with Crippen molar-refractivity contribution in [3.8, 4) is 0 Å². The third-order valence-corrected chi connectivity index (χ3v) is 3.52. The maximum Gasteiger partial charge on any atom is 0.390 e. The lowest BCUT2D eigenvalue weighted by Gasteiger charge is -2.22. The van der Waals surface area contributed by atoms with Crippen molar-refractivity contribution in [3.63, 3.8) is 0 Å². The molecule has 0 heterocycles. The first kappa shape index (κ1) is 17.8. The molecule has 0 aromatic heterocycles. The highest BCUT2D eigenvalue weighted by Crippen LogP contribution is 2.23. The Morgan fingerprint density at radius 1 is 1.14 bits per heavy atom. The molecule has 1 rings (SSSR count). The minimum atomic E-state index is -4.11. The van der Waals surface area contributed by atoms with Gasteiger partial charge >= 0.3 is 6.18 Å². The van der Waals surface area contributed by atoms with Crippen LogP contribution in [0.3, 0.4) is 0 Å². The van der Waals surface area contributed by atoms with E-state index in [9.17, 15) is 13.2 Å². The lowest BCUT2D eigenvalue weighted by Crippen LogP contribution is -2.24. The fourth-order valence-electron chi connectivity index (χ4n) is 2.20. The number of halogens is 3. The van der Waals surface area contributed by atoms with Crippen LogP contribution in [0, 0.1) is 0 Å². The Balaban J connectivity index is 2.63. The second-order valence-electron chi connectivity index (χ2n) is 5.29. The van der Waals surface area contributed by atoms with Crippen molar-refractivity contribution in [1.29, 1.82) is 0 Å². The Morgan fingerprint density at radius 3 is 2.24 bits per heavy atom. The van der Waals surface area contributed by atoms with Gasteiger partial charge in [-0.05, 0) is 37.1 Å². The number of anilines is 1. The van der Waals surface area contributed by atoms with E-state index in [2.05, 4.69) is 19.2 Å². The predicted molar refractivity (Wildman–Crippen MR) is 81.7 cm³/mol. The molecular weight excluding hydrogens is 277 g/mol. The normalized spacial score (nSPS) is 13.2. The maximum absolute atomic E-state index is 12.2. The number of benzene rings is 1. The van der Waals surface area contributed by atoms with Crippen molar-refractivity contribution in [1.82, 2.24) is 5.32 Å². The monoisotopic (exact) mass is 302 g/mol. The summed E-state index contributed by atoms with van der Waals surface area (Å²) in [6, 6.07) is 8.08. The van der Waals surface area contributed by atoms with Gasteiger partial charge in [-0.25, -0.2) is 0 Å². The van der Waals surface area contributed by atoms with Crippen LogP contribution in [-0.4, -0.2) is 26.3 Å². The van der Waals surface area contributed by atoms with Crippen LogP contribution < -0.4 is 10.2 Å². The van der Waals surface area contributed by atoms with Gasteiger partial charge in [0.15, 0.2) is 0 Å². The van der Waals surface area contributed by atoms with E-state index < -0.39 is 12.6 Å². The van der Waals surface area contributed by atoms with Crippen LogP contribution in [0.5, 0.6) is 0 Å². The van der Waals surface area contributed by atoms with E-state index in [1.54, 1.807) is 11.9 Å². The van der Waals surface area contributed by atoms with Crippen molar-refractivity contribution in [2.24, 2.45) is 0 Å². The minimum absolute atomic E-state index is 0.0197. The van der Waals surface area contributed by atoms with Gasteiger partial charge in [0.2, 0.25) is 0 Å². The molecule has 1 unspecified atom stereocenters. The van der Waals surface area contributed by atoms with E-state index in [1.807, 2.05) is 24.3 Å². The summed E-state index contributed by atoms with van der Waals surface area (Å²) in [5.41, 5.74) is 1.99. The summed E-state index contributed by atoms with van der Waals surface area (Å²) in [7, 11) is 1.69. The number of nitrogens with one attached hydrogen (secondary N) is 1. The van der Waals surface area contributed by atoms with E-state index >= 15 is 0 Å². The van der Waals surface area contributed by atoms with Gasteiger partial charge in [-0.15, -0.1) is 0 Å². The summed E-state index contributed by atoms with van der Waals surface area (Å²) in [6.45, 7) is 5.19. The first-order valence-electron chi connectivity index (χ1n) is 7.48. The Morgan fingerprint density at radius 2 is 1.76 bits per heavy atom. The molecule has 0 aliphatic rings. The molecule has 0 aliphatic carbocycles. The van der Waals surface area contributed by atoms with Gasteiger partial charge in [0.25, 0.3) is 0 Å². The number of hydrogen-bond acceptors (Lipinski definition) is 2. The van der Waals surface area contributed by atoms with E-state index in [-0.39, 0.29) is 6.54 Å². The average molecular weight is 302 g/mol. The summed E-state index contributed by atoms with van der Waals surface area (Å²) < 4.78 is 36.7. The molecular formula is C16H25F3N2. The van der Waals surface area contributed by atoms with Gasteiger partial charge in [-0.3, -0.25) is 0 Å². The van der Waals surface area contributed by atoms with Crippen LogP contribution in [0.15, 0.2) is 24.3 Å². The molecule has 21 heavy (non-hydrogen) atoms. The SMILES string of the molecule is CCCNC(CC)c1ccc(N(C)CCC(F)(F)F)cc1. The van der Waals surface area contributed by atoms with Crippen LogP contribution in [0.4, 0.5) is 18.9 Å². The molecule has 2 nitrogen and oxygen atoms in total. The maximum atomic E-state index is 12.2. The first-order valence-corrected chi connectivity index (χ1v) is 7.48. The van der Waals surface area contributed by atoms with Crippen LogP contribution in [0.2, 0.25) is 0 Å². The van der Waals surface area contributed by atoms with Gasteiger partial charge in [-0.1, -0.05) is 26.0 Å². The highest BCUT2D eigenvalue weighted by atomic mass is 19.4. The number of hydrogen-bond donors (Lipinski definition) is 1. The average Bonchev–Trinajstić information content (AvgIpc) is 2.45. The largest absolute Gasteiger partial charge is 0.390 e. The number of alkyl halides is 3. The highest BCUT2D eigenvalue weighted by molar-refractivity contribution is 5.47. The van der Waals surface area contributed by atoms with Crippen LogP contribution >= 0.6 is 0 Å². The second-order valence-corrected chi connectivity index (χ2v) is 5.29. The summed E-state index contributed by atoms with van der Waals surface area (Å²) in [5.74, 6) is 0. The standard InChI is InChI=1S/C16H25F3N2/c1-4-11-20-15(5-2)13-6-8-14(9-7-13)21(3)12-10-16(17,18)19/h6-9,15,20H,4-5,10-12H2,1-3H3. The molecule has 0 radical (unpaired) electrons. The van der Waals surface area contributed by atoms with Gasteiger partial charge < -0.3 is 10.2 Å². The van der Waals surface area contributed by atoms with Gasteiger partial charge in [0.05, 0.1) is 6.42 Å². The predicted octanol–water partition coefficient (Wildman–Crippen LogP) is 4.53. The zero-order valence-corrected chi connectivity index (χ0v) is 13.0. The van der Waals surface area contributed by atoms with Crippen LogP contribution in [0.1, 0.15) is 44.7 Å². The quantitative estimate of drug-likeness (QED) is 0.759. The fourth-order valence-corrected chi connectivity index (χ4v) is 2.20. The molecule has 0 saturated heterocycles. The first-order chi connectivity index (χ1) is 9.87. The van der Waals surface area contributed by atoms with E-state index in [0.717, 1.165) is 25.1 Å². The molecule has 1 atom stereocenters. The molecule has 0 spiro atoms. The number of rotatable bonds is 8. The molecule has 0 amide bonds. The molecule has 0 bridgehead atoms. The van der Waals surface area contributed by atoms with Crippen molar-refractivity contribution >= 4 is 5.69 Å². The van der Waals surface area contributed by atoms with E-state index in [0.29, 0.717) is 6.04 Å². The summed E-state index contributed by atoms with van der Waals surface area (Å²) in [4.78, 5) is 1.64. The van der Waals surface area contributed by atoms with Gasteiger partial charge in [-0.2, -0.15) is 13.2 Å². The van der Waals surface area contributed by atoms with Crippen molar-refractivity contribution in [2.75, 3.05) is 25.0 Å². The second kappa shape index (κ2) is 8.27. The Hall–Kier alpha value is -1.23. The zero-order valence-electron chi connectivity index (χ0n) is 13.0. The topological polar surface area (TPSA) is 15.3 Å². The Kier molecular flexibility index (Phi) is 7.02. The van der Waals surface area contributed by atoms with Gasteiger partial charge in [0.1, 0.15) is 0 Å². The highest BCUT2D eigenvalue weighted by Gasteiger charge is 2.27. The lowest BCUT2D eigenvalue weighted by molar-refractivity contribution is -0.132. The molecule has 1 N–H and O–H groups in total. The van der Waals surface area contributed by atoms with Crippen molar-refractivity contribution in [2.45, 2.75) is 45.3 Å². The van der Waals surface area contributed by atoms with Crippen LogP contribution in [-0.2, 0) is 0 Å². The van der Waals surface area contributed by atoms with Crippen molar-refractivity contribution in [3.05, 3.63) is 29.8 Å². The Labute approximate surface area is 125 Å². The van der Waals surface area contributed by atoms with Crippen LogP contribution in [0.25, 0.3) is 0 Å². The third kappa shape index (κ3) is 6.38. The fraction of sp³-hybridized carbons (Fsp3) is 0.625. The summed E-state index contributed by atoms with van der Waals surface area (Å²) in [6.07, 6.45) is -2.83. The molecule has 120 valence electrons. The molecule has 1 aromatic carbocycles. The van der Waals surface area contributed by atoms with E-state index in [1.165, 1.54) is 5.56 Å². The number of nitrogens with zero attached hydrogens (tertiary/aromatic N) is 1.